The number of benzene rings is 4. The minimum absolute atomic E-state index is 0.171. The lowest BCUT2D eigenvalue weighted by atomic mass is 9.88. The molecule has 3 N–H and O–H groups in total. The number of hydrogen-bond donors (Lipinski definition) is 3. The van der Waals surface area contributed by atoms with Crippen LogP contribution in [0, 0.1) is 0 Å². The molecule has 0 bridgehead atoms. The van der Waals surface area contributed by atoms with Crippen molar-refractivity contribution >= 4 is 50.8 Å². The molecule has 268 valence electrons. The van der Waals surface area contributed by atoms with Crippen LogP contribution in [-0.4, -0.2) is 60.9 Å². The van der Waals surface area contributed by atoms with Gasteiger partial charge in [-0.1, -0.05) is 84.9 Å². The quantitative estimate of drug-likeness (QED) is 0.112. The Morgan fingerprint density at radius 2 is 1.13 bits per heavy atom. The summed E-state index contributed by atoms with van der Waals surface area (Å²) >= 11 is 2.67. The Kier molecular flexibility index (Phi) is 11.3. The molecule has 0 radical (unpaired) electrons. The van der Waals surface area contributed by atoms with Gasteiger partial charge in [0.15, 0.2) is 10.3 Å². The fourth-order valence-corrected chi connectivity index (χ4v) is 7.79. The van der Waals surface area contributed by atoms with Crippen LogP contribution in [-0.2, 0) is 25.9 Å². The molecule has 6 aromatic rings. The molecule has 4 amide bonds. The Hall–Kier alpha value is -5.69. The maximum atomic E-state index is 14.9. The van der Waals surface area contributed by atoms with Crippen LogP contribution < -0.4 is 10.6 Å². The lowest BCUT2D eigenvalue weighted by Crippen LogP contribution is -2.66. The minimum Gasteiger partial charge on any atom is -0.389 e. The first-order chi connectivity index (χ1) is 25.9. The van der Waals surface area contributed by atoms with Gasteiger partial charge in [0.1, 0.15) is 0 Å². The number of hydrogen-bond acceptors (Lipinski definition) is 8. The minimum atomic E-state index is -0.913. The van der Waals surface area contributed by atoms with Crippen LogP contribution in [0.25, 0.3) is 0 Å². The van der Waals surface area contributed by atoms with E-state index in [1.54, 1.807) is 69.4 Å². The molecule has 1 saturated heterocycles. The number of anilines is 2. The van der Waals surface area contributed by atoms with Crippen LogP contribution in [0.1, 0.15) is 49.4 Å². The summed E-state index contributed by atoms with van der Waals surface area (Å²) in [4.78, 5) is 53.0. The molecule has 53 heavy (non-hydrogen) atoms. The van der Waals surface area contributed by atoms with E-state index in [1.165, 1.54) is 22.7 Å². The highest BCUT2D eigenvalue weighted by Gasteiger charge is 2.45. The Labute approximate surface area is 315 Å². The van der Waals surface area contributed by atoms with Gasteiger partial charge in [-0.3, -0.25) is 20.2 Å². The second kappa shape index (κ2) is 16.8. The average Bonchev–Trinajstić information content (AvgIpc) is 3.91. The summed E-state index contributed by atoms with van der Waals surface area (Å²) in [6.07, 6.45) is 3.99. The Balaban J connectivity index is 1.21. The zero-order valence-electron chi connectivity index (χ0n) is 28.7. The summed E-state index contributed by atoms with van der Waals surface area (Å²) in [6.45, 7) is 0.350. The van der Waals surface area contributed by atoms with Gasteiger partial charge in [-0.05, 0) is 65.8 Å². The summed E-state index contributed by atoms with van der Waals surface area (Å²) < 4.78 is 0. The molecule has 2 aromatic heterocycles. The van der Waals surface area contributed by atoms with Crippen LogP contribution in [0.4, 0.5) is 15.1 Å². The highest BCUT2D eigenvalue weighted by Crippen LogP contribution is 2.31. The fourth-order valence-electron chi connectivity index (χ4n) is 6.74. The predicted molar refractivity (Wildman–Crippen MR) is 208 cm³/mol. The van der Waals surface area contributed by atoms with E-state index in [1.807, 2.05) is 60.7 Å². The molecular weight excluding hydrogens is 705 g/mol. The number of aliphatic hydroxyl groups is 1. The Bertz CT molecular complexity index is 2130. The molecule has 1 fully saturated rings. The molecule has 0 saturated carbocycles. The number of amides is 4. The summed E-state index contributed by atoms with van der Waals surface area (Å²) in [5.41, 5.74) is 4.49. The van der Waals surface area contributed by atoms with Gasteiger partial charge in [-0.15, -0.1) is 22.7 Å². The third-order valence-electron chi connectivity index (χ3n) is 9.33. The normalized spacial score (nSPS) is 17.1. The van der Waals surface area contributed by atoms with E-state index in [4.69, 9.17) is 0 Å². The first-order valence-electron chi connectivity index (χ1n) is 17.3. The van der Waals surface area contributed by atoms with Crippen molar-refractivity contribution in [2.24, 2.45) is 0 Å². The standard InChI is InChI=1S/C41H38N6O4S2/c48-36-34(18-17-28-9-3-1-4-10-28)46(26-30-13-7-15-32(23-30)37(49)44-39-42-19-21-52-39)41(51)47(35(36)25-29-11-5-2-6-12-29)27-31-14-8-16-33(24-31)38(50)45-40-43-20-22-53-40/h1-16,19-24,34-36,48H,17-18,25-27H2,(H,42,44,49)(H,43,45,50)/t34-,35-,36-/m1/s1. The van der Waals surface area contributed by atoms with Crippen LogP contribution in [0.5, 0.6) is 0 Å². The maximum Gasteiger partial charge on any atom is 0.321 e. The van der Waals surface area contributed by atoms with Gasteiger partial charge < -0.3 is 14.9 Å². The van der Waals surface area contributed by atoms with Crippen molar-refractivity contribution in [2.45, 2.75) is 50.5 Å². The first kappa shape index (κ1) is 35.7. The molecule has 10 nitrogen and oxygen atoms in total. The maximum absolute atomic E-state index is 14.9. The van der Waals surface area contributed by atoms with Crippen molar-refractivity contribution < 1.29 is 19.5 Å². The van der Waals surface area contributed by atoms with E-state index < -0.39 is 18.2 Å². The van der Waals surface area contributed by atoms with Gasteiger partial charge in [0.25, 0.3) is 11.8 Å². The van der Waals surface area contributed by atoms with Crippen LogP contribution >= 0.6 is 22.7 Å². The second-order valence-corrected chi connectivity index (χ2v) is 14.7. The Morgan fingerprint density at radius 3 is 1.64 bits per heavy atom. The van der Waals surface area contributed by atoms with Crippen molar-refractivity contribution in [3.63, 3.8) is 0 Å². The van der Waals surface area contributed by atoms with Crippen molar-refractivity contribution in [1.82, 2.24) is 19.8 Å². The monoisotopic (exact) mass is 742 g/mol. The number of rotatable bonds is 13. The van der Waals surface area contributed by atoms with E-state index in [9.17, 15) is 19.5 Å². The predicted octanol–water partition coefficient (Wildman–Crippen LogP) is 7.52. The molecule has 0 unspecified atom stereocenters. The molecule has 12 heteroatoms. The third kappa shape index (κ3) is 8.86. The van der Waals surface area contributed by atoms with Crippen LogP contribution in [0.3, 0.4) is 0 Å². The number of carbonyl (C=O) groups excluding carboxylic acids is 3. The number of aliphatic hydroxyl groups excluding tert-OH is 1. The van der Waals surface area contributed by atoms with Gasteiger partial charge >= 0.3 is 6.03 Å². The van der Waals surface area contributed by atoms with Gasteiger partial charge in [-0.25, -0.2) is 14.8 Å². The molecule has 3 heterocycles. The number of urea groups is 1. The molecule has 0 spiro atoms. The first-order valence-corrected chi connectivity index (χ1v) is 19.1. The molecule has 7 rings (SSSR count). The van der Waals surface area contributed by atoms with Crippen LogP contribution in [0.2, 0.25) is 0 Å². The van der Waals surface area contributed by atoms with Gasteiger partial charge in [0.2, 0.25) is 0 Å². The van der Waals surface area contributed by atoms with E-state index in [2.05, 4.69) is 32.7 Å². The van der Waals surface area contributed by atoms with Crippen molar-refractivity contribution in [2.75, 3.05) is 10.6 Å². The van der Waals surface area contributed by atoms with Gasteiger partial charge in [0, 0.05) is 47.4 Å². The smallest absolute Gasteiger partial charge is 0.321 e. The Morgan fingerprint density at radius 1 is 0.642 bits per heavy atom. The number of aromatic nitrogens is 2. The summed E-state index contributed by atoms with van der Waals surface area (Å²) in [5.74, 6) is -0.593. The van der Waals surface area contributed by atoms with Crippen LogP contribution in [0.15, 0.2) is 132 Å². The fraction of sp³-hybridized carbons (Fsp3) is 0.195. The highest BCUT2D eigenvalue weighted by atomic mass is 32.1. The van der Waals surface area contributed by atoms with E-state index in [0.29, 0.717) is 40.7 Å². The summed E-state index contributed by atoms with van der Waals surface area (Å²) in [5, 5.41) is 22.6. The largest absolute Gasteiger partial charge is 0.389 e. The number of nitrogens with one attached hydrogen (secondary N) is 2. The van der Waals surface area contributed by atoms with E-state index in [-0.39, 0.29) is 30.9 Å². The molecule has 3 atom stereocenters. The highest BCUT2D eigenvalue weighted by molar-refractivity contribution is 7.14. The zero-order valence-corrected chi connectivity index (χ0v) is 30.4. The topological polar surface area (TPSA) is 128 Å². The number of nitrogens with zero attached hydrogens (tertiary/aromatic N) is 4. The molecule has 1 aliphatic rings. The summed E-state index contributed by atoms with van der Waals surface area (Å²) in [6, 6.07) is 33.0. The number of aryl methyl sites for hydroxylation is 1. The second-order valence-electron chi connectivity index (χ2n) is 12.9. The molecule has 4 aromatic carbocycles. The molecule has 1 aliphatic heterocycles. The number of carbonyl (C=O) groups is 3. The van der Waals surface area contributed by atoms with Crippen molar-refractivity contribution in [3.8, 4) is 0 Å². The SMILES string of the molecule is O=C(Nc1nccs1)c1cccc(CN2C(=O)N(Cc3cccc(C(=O)Nc4nccs4)c3)[C@H](Cc3ccccc3)[C@H](O)[C@H]2CCc2ccccc2)c1. The summed E-state index contributed by atoms with van der Waals surface area (Å²) in [7, 11) is 0. The third-order valence-corrected chi connectivity index (χ3v) is 10.7. The van der Waals surface area contributed by atoms with Crippen molar-refractivity contribution in [1.29, 1.82) is 0 Å². The number of thiazole rings is 2. The van der Waals surface area contributed by atoms with Gasteiger partial charge in [-0.2, -0.15) is 0 Å². The molecular formula is C41H38N6O4S2. The van der Waals surface area contributed by atoms with E-state index >= 15 is 0 Å². The lowest BCUT2D eigenvalue weighted by molar-refractivity contribution is -0.0453. The van der Waals surface area contributed by atoms with E-state index in [0.717, 1.165) is 22.3 Å². The average molecular weight is 743 g/mol. The lowest BCUT2D eigenvalue weighted by Gasteiger charge is -2.49. The van der Waals surface area contributed by atoms with Gasteiger partial charge in [0.05, 0.1) is 18.2 Å². The molecule has 0 aliphatic carbocycles. The zero-order chi connectivity index (χ0) is 36.6. The van der Waals surface area contributed by atoms with Crippen molar-refractivity contribution in [3.05, 3.63) is 166 Å².